The highest BCUT2D eigenvalue weighted by Crippen LogP contribution is 2.25. The van der Waals surface area contributed by atoms with Gasteiger partial charge in [-0.15, -0.1) is 11.3 Å². The van der Waals surface area contributed by atoms with Gasteiger partial charge in [0, 0.05) is 28.1 Å². The van der Waals surface area contributed by atoms with E-state index >= 15 is 0 Å². The van der Waals surface area contributed by atoms with Gasteiger partial charge in [0.25, 0.3) is 0 Å². The van der Waals surface area contributed by atoms with Crippen molar-refractivity contribution in [1.29, 1.82) is 0 Å². The summed E-state index contributed by atoms with van der Waals surface area (Å²) in [6.45, 7) is 0.946. The number of rotatable bonds is 3. The van der Waals surface area contributed by atoms with E-state index in [-0.39, 0.29) is 0 Å². The number of aromatic nitrogens is 1. The summed E-state index contributed by atoms with van der Waals surface area (Å²) in [7, 11) is 0. The highest BCUT2D eigenvalue weighted by molar-refractivity contribution is 9.10. The minimum absolute atomic E-state index is 0.598. The van der Waals surface area contributed by atoms with E-state index in [0.29, 0.717) is 6.04 Å². The molecule has 1 aliphatic carbocycles. The van der Waals surface area contributed by atoms with Crippen molar-refractivity contribution < 1.29 is 0 Å². The van der Waals surface area contributed by atoms with Gasteiger partial charge in [-0.2, -0.15) is 0 Å². The molecule has 94 valence electrons. The molecule has 2 aromatic rings. The maximum absolute atomic E-state index is 4.10. The van der Waals surface area contributed by atoms with E-state index in [9.17, 15) is 0 Å². The molecule has 0 saturated heterocycles. The standard InChI is InChI=1S/C14H15BrN2S/c15-12-3-1-11-6-13(4-2-10(11)5-12)17-8-14-7-16-9-18-14/h1,3,5,7,9,13,17H,2,4,6,8H2. The maximum atomic E-state index is 4.10. The fourth-order valence-electron chi connectivity index (χ4n) is 2.47. The zero-order chi connectivity index (χ0) is 12.4. The zero-order valence-corrected chi connectivity index (χ0v) is 12.4. The normalized spacial score (nSPS) is 18.6. The Labute approximate surface area is 120 Å². The number of fused-ring (bicyclic) bond motifs is 1. The molecule has 1 aliphatic rings. The van der Waals surface area contributed by atoms with Crippen molar-refractivity contribution in [2.24, 2.45) is 0 Å². The van der Waals surface area contributed by atoms with Crippen LogP contribution in [0.2, 0.25) is 0 Å². The van der Waals surface area contributed by atoms with E-state index < -0.39 is 0 Å². The van der Waals surface area contributed by atoms with Crippen LogP contribution in [0.5, 0.6) is 0 Å². The first kappa shape index (κ1) is 12.3. The van der Waals surface area contributed by atoms with Crippen LogP contribution in [0.3, 0.4) is 0 Å². The topological polar surface area (TPSA) is 24.9 Å². The molecule has 0 fully saturated rings. The molecule has 0 radical (unpaired) electrons. The number of halogens is 1. The fourth-order valence-corrected chi connectivity index (χ4v) is 3.43. The molecule has 1 unspecified atom stereocenters. The van der Waals surface area contributed by atoms with Gasteiger partial charge >= 0.3 is 0 Å². The molecule has 1 atom stereocenters. The predicted molar refractivity (Wildman–Crippen MR) is 78.9 cm³/mol. The number of hydrogen-bond acceptors (Lipinski definition) is 3. The highest BCUT2D eigenvalue weighted by atomic mass is 79.9. The third kappa shape index (κ3) is 2.82. The van der Waals surface area contributed by atoms with Gasteiger partial charge < -0.3 is 5.32 Å². The predicted octanol–water partition coefficient (Wildman–Crippen LogP) is 3.55. The number of aryl methyl sites for hydroxylation is 1. The van der Waals surface area contributed by atoms with Crippen LogP contribution in [0.4, 0.5) is 0 Å². The Morgan fingerprint density at radius 3 is 3.17 bits per heavy atom. The number of nitrogens with zero attached hydrogens (tertiary/aromatic N) is 1. The molecular formula is C14H15BrN2S. The van der Waals surface area contributed by atoms with Crippen LogP contribution in [0, 0.1) is 0 Å². The van der Waals surface area contributed by atoms with Crippen molar-refractivity contribution in [3.8, 4) is 0 Å². The molecule has 1 heterocycles. The minimum atomic E-state index is 0.598. The van der Waals surface area contributed by atoms with E-state index in [0.717, 1.165) is 13.0 Å². The monoisotopic (exact) mass is 322 g/mol. The van der Waals surface area contributed by atoms with E-state index in [1.807, 2.05) is 11.7 Å². The summed E-state index contributed by atoms with van der Waals surface area (Å²) in [4.78, 5) is 5.42. The number of hydrogen-bond donors (Lipinski definition) is 1. The van der Waals surface area contributed by atoms with Gasteiger partial charge in [0.05, 0.1) is 5.51 Å². The van der Waals surface area contributed by atoms with Crippen LogP contribution in [0.1, 0.15) is 22.4 Å². The summed E-state index contributed by atoms with van der Waals surface area (Å²) >= 11 is 5.26. The van der Waals surface area contributed by atoms with E-state index in [1.165, 1.54) is 33.3 Å². The Morgan fingerprint density at radius 1 is 1.39 bits per heavy atom. The van der Waals surface area contributed by atoms with Gasteiger partial charge in [-0.3, -0.25) is 4.98 Å². The quantitative estimate of drug-likeness (QED) is 0.934. The Hall–Kier alpha value is -0.710. The van der Waals surface area contributed by atoms with Gasteiger partial charge in [0.1, 0.15) is 0 Å². The van der Waals surface area contributed by atoms with Crippen LogP contribution < -0.4 is 5.32 Å². The molecule has 18 heavy (non-hydrogen) atoms. The Kier molecular flexibility index (Phi) is 3.77. The van der Waals surface area contributed by atoms with Crippen molar-refractivity contribution in [1.82, 2.24) is 10.3 Å². The molecule has 1 N–H and O–H groups in total. The van der Waals surface area contributed by atoms with E-state index in [1.54, 1.807) is 11.3 Å². The van der Waals surface area contributed by atoms with Gasteiger partial charge in [0.2, 0.25) is 0 Å². The van der Waals surface area contributed by atoms with Crippen molar-refractivity contribution in [2.75, 3.05) is 0 Å². The number of benzene rings is 1. The first-order valence-corrected chi connectivity index (χ1v) is 7.86. The molecule has 4 heteroatoms. The maximum Gasteiger partial charge on any atom is 0.0794 e. The molecule has 0 amide bonds. The fraction of sp³-hybridized carbons (Fsp3) is 0.357. The third-order valence-electron chi connectivity index (χ3n) is 3.45. The second-order valence-electron chi connectivity index (χ2n) is 4.70. The molecule has 2 nitrogen and oxygen atoms in total. The summed E-state index contributed by atoms with van der Waals surface area (Å²) in [5.41, 5.74) is 4.89. The SMILES string of the molecule is Brc1ccc2c(c1)CCC(NCc1cncs1)C2. The molecule has 0 aliphatic heterocycles. The van der Waals surface area contributed by atoms with Crippen LogP contribution >= 0.6 is 27.3 Å². The second-order valence-corrected chi connectivity index (χ2v) is 6.59. The summed E-state index contributed by atoms with van der Waals surface area (Å²) in [6, 6.07) is 7.25. The average molecular weight is 323 g/mol. The first-order valence-electron chi connectivity index (χ1n) is 6.19. The third-order valence-corrected chi connectivity index (χ3v) is 4.72. The summed E-state index contributed by atoms with van der Waals surface area (Å²) in [5, 5.41) is 3.64. The number of nitrogens with one attached hydrogen (secondary N) is 1. The van der Waals surface area contributed by atoms with Crippen LogP contribution in [-0.2, 0) is 19.4 Å². The smallest absolute Gasteiger partial charge is 0.0794 e. The Balaban J connectivity index is 1.62. The molecule has 1 aromatic carbocycles. The van der Waals surface area contributed by atoms with Crippen LogP contribution in [-0.4, -0.2) is 11.0 Å². The summed E-state index contributed by atoms with van der Waals surface area (Å²) < 4.78 is 1.19. The van der Waals surface area contributed by atoms with Gasteiger partial charge in [-0.25, -0.2) is 0 Å². The highest BCUT2D eigenvalue weighted by Gasteiger charge is 2.18. The Morgan fingerprint density at radius 2 is 2.33 bits per heavy atom. The van der Waals surface area contributed by atoms with Crippen LogP contribution in [0.15, 0.2) is 34.4 Å². The molecule has 0 spiro atoms. The summed E-state index contributed by atoms with van der Waals surface area (Å²) in [6.07, 6.45) is 5.49. The number of thiazole rings is 1. The lowest BCUT2D eigenvalue weighted by Crippen LogP contribution is -2.33. The zero-order valence-electron chi connectivity index (χ0n) is 10.0. The van der Waals surface area contributed by atoms with Gasteiger partial charge in [0.15, 0.2) is 0 Å². The molecule has 1 aromatic heterocycles. The summed E-state index contributed by atoms with van der Waals surface area (Å²) in [5.74, 6) is 0. The average Bonchev–Trinajstić information content (AvgIpc) is 2.89. The Bertz CT molecular complexity index is 525. The van der Waals surface area contributed by atoms with Gasteiger partial charge in [-0.05, 0) is 42.5 Å². The van der Waals surface area contributed by atoms with Crippen LogP contribution in [0.25, 0.3) is 0 Å². The van der Waals surface area contributed by atoms with E-state index in [4.69, 9.17) is 0 Å². The molecule has 3 rings (SSSR count). The largest absolute Gasteiger partial charge is 0.309 e. The van der Waals surface area contributed by atoms with E-state index in [2.05, 4.69) is 44.4 Å². The molecular weight excluding hydrogens is 308 g/mol. The van der Waals surface area contributed by atoms with Crippen molar-refractivity contribution in [3.63, 3.8) is 0 Å². The molecule has 0 saturated carbocycles. The lowest BCUT2D eigenvalue weighted by atomic mass is 9.88. The van der Waals surface area contributed by atoms with Gasteiger partial charge in [-0.1, -0.05) is 22.0 Å². The molecule has 0 bridgehead atoms. The first-order chi connectivity index (χ1) is 8.81. The van der Waals surface area contributed by atoms with Crippen molar-refractivity contribution >= 4 is 27.3 Å². The lowest BCUT2D eigenvalue weighted by Gasteiger charge is -2.25. The second kappa shape index (κ2) is 5.51. The lowest BCUT2D eigenvalue weighted by molar-refractivity contribution is 0.459. The van der Waals surface area contributed by atoms with Crippen molar-refractivity contribution in [2.45, 2.75) is 31.8 Å². The van der Waals surface area contributed by atoms with Crippen molar-refractivity contribution in [3.05, 3.63) is 50.4 Å². The minimum Gasteiger partial charge on any atom is -0.309 e.